The van der Waals surface area contributed by atoms with E-state index in [0.29, 0.717) is 41.8 Å². The number of amides is 2. The number of aryl methyl sites for hydroxylation is 1. The molecule has 1 aliphatic rings. The number of fused-ring (bicyclic) bond motifs is 2. The number of thiophene rings is 1. The molecule has 14 heteroatoms. The maximum Gasteiger partial charge on any atom is 0.280 e. The Morgan fingerprint density at radius 2 is 1.95 bits per heavy atom. The van der Waals surface area contributed by atoms with Crippen LogP contribution in [0.2, 0.25) is 0 Å². The van der Waals surface area contributed by atoms with E-state index in [1.165, 1.54) is 46.4 Å². The monoisotopic (exact) mass is 564 g/mol. The van der Waals surface area contributed by atoms with Crippen molar-refractivity contribution in [1.29, 1.82) is 10.8 Å². The molecule has 198 valence electrons. The minimum Gasteiger partial charge on any atom is -0.384 e. The summed E-state index contributed by atoms with van der Waals surface area (Å²) in [5.41, 5.74) is 5.28. The van der Waals surface area contributed by atoms with Crippen LogP contribution in [0.15, 0.2) is 53.6 Å². The normalized spacial score (nSPS) is 14.1. The molecule has 0 saturated carbocycles. The van der Waals surface area contributed by atoms with Crippen LogP contribution in [-0.4, -0.2) is 36.4 Å². The van der Waals surface area contributed by atoms with Crippen LogP contribution in [0.25, 0.3) is 10.1 Å². The molecule has 0 saturated heterocycles. The van der Waals surface area contributed by atoms with Gasteiger partial charge in [-0.3, -0.25) is 29.8 Å². The molecule has 0 fully saturated rings. The van der Waals surface area contributed by atoms with E-state index in [4.69, 9.17) is 16.6 Å². The highest BCUT2D eigenvalue weighted by Crippen LogP contribution is 2.27. The number of hydrogen-bond donors (Lipinski definition) is 5. The molecule has 1 aliphatic heterocycles. The van der Waals surface area contributed by atoms with Crippen LogP contribution >= 0.6 is 23.1 Å². The summed E-state index contributed by atoms with van der Waals surface area (Å²) in [7, 11) is 0. The summed E-state index contributed by atoms with van der Waals surface area (Å²) in [5.74, 6) is -0.900. The van der Waals surface area contributed by atoms with Gasteiger partial charge < -0.3 is 16.4 Å². The molecular weight excluding hydrogens is 543 g/mol. The lowest BCUT2D eigenvalue weighted by Gasteiger charge is -2.15. The fourth-order valence-corrected chi connectivity index (χ4v) is 5.73. The minimum atomic E-state index is -0.912. The average molecular weight is 565 g/mol. The van der Waals surface area contributed by atoms with Crippen LogP contribution in [-0.2, 0) is 22.6 Å². The molecule has 1 atom stereocenters. The first-order valence-electron chi connectivity index (χ1n) is 11.6. The lowest BCUT2D eigenvalue weighted by Crippen LogP contribution is -2.37. The van der Waals surface area contributed by atoms with Crippen LogP contribution in [0, 0.1) is 16.6 Å². The molecule has 1 aromatic carbocycles. The number of carbonyl (C=O) groups excluding carboxylic acids is 2. The molecule has 4 heterocycles. The van der Waals surface area contributed by atoms with Crippen molar-refractivity contribution in [2.45, 2.75) is 25.4 Å². The Hall–Kier alpha value is -4.43. The van der Waals surface area contributed by atoms with E-state index >= 15 is 0 Å². The number of rotatable bonds is 5. The van der Waals surface area contributed by atoms with Gasteiger partial charge >= 0.3 is 0 Å². The zero-order chi connectivity index (χ0) is 27.7. The molecule has 3 aromatic heterocycles. The Kier molecular flexibility index (Phi) is 7.21. The number of benzene rings is 1. The topological polar surface area (TPSA) is 180 Å². The Morgan fingerprint density at radius 3 is 2.72 bits per heavy atom. The predicted molar refractivity (Wildman–Crippen MR) is 149 cm³/mol. The standard InChI is InChI=1S/C25H21FN8O3S2/c26-14-3-1-12(2-4-14)21(28)39-22(29)24(36)33-16-11-31-20-6-5-17(34(20)25(16)37)23(35)32-10-15-7-13-9-30-19(27)8-18(13)38-15/h1-4,7-9,11,17,28-29H,5-6,10H2,(H2,27,30)(H,32,35)(H,33,36). The first kappa shape index (κ1) is 26.2. The second kappa shape index (κ2) is 10.7. The van der Waals surface area contributed by atoms with Crippen molar-refractivity contribution in [2.24, 2.45) is 0 Å². The molecule has 1 unspecified atom stereocenters. The lowest BCUT2D eigenvalue weighted by atomic mass is 10.2. The quantitative estimate of drug-likeness (QED) is 0.182. The maximum absolute atomic E-state index is 13.2. The van der Waals surface area contributed by atoms with Gasteiger partial charge in [0.15, 0.2) is 5.04 Å². The van der Waals surface area contributed by atoms with Crippen molar-refractivity contribution < 1.29 is 14.0 Å². The van der Waals surface area contributed by atoms with E-state index in [1.807, 2.05) is 6.07 Å². The number of pyridine rings is 1. The lowest BCUT2D eigenvalue weighted by molar-refractivity contribution is -0.124. The van der Waals surface area contributed by atoms with Crippen LogP contribution < -0.4 is 21.9 Å². The van der Waals surface area contributed by atoms with Gasteiger partial charge in [-0.1, -0.05) is 0 Å². The number of carbonyl (C=O) groups is 2. The smallest absolute Gasteiger partial charge is 0.280 e. The number of halogens is 1. The summed E-state index contributed by atoms with van der Waals surface area (Å²) in [4.78, 5) is 48.0. The molecule has 0 aliphatic carbocycles. The minimum absolute atomic E-state index is 0.131. The van der Waals surface area contributed by atoms with Crippen molar-refractivity contribution in [3.8, 4) is 0 Å². The number of nitrogens with two attached hydrogens (primary N) is 1. The molecule has 4 aromatic rings. The van der Waals surface area contributed by atoms with Gasteiger partial charge in [0.2, 0.25) is 5.91 Å². The molecule has 0 bridgehead atoms. The van der Waals surface area contributed by atoms with Gasteiger partial charge in [0.25, 0.3) is 11.5 Å². The van der Waals surface area contributed by atoms with Crippen molar-refractivity contribution in [3.63, 3.8) is 0 Å². The number of thioether (sulfide) groups is 1. The molecule has 0 spiro atoms. The van der Waals surface area contributed by atoms with E-state index in [-0.39, 0.29) is 23.2 Å². The first-order valence-corrected chi connectivity index (χ1v) is 13.3. The van der Waals surface area contributed by atoms with Crippen LogP contribution in [0.5, 0.6) is 0 Å². The number of nitrogen functional groups attached to an aromatic ring is 1. The summed E-state index contributed by atoms with van der Waals surface area (Å²) in [5, 5.41) is 21.5. The summed E-state index contributed by atoms with van der Waals surface area (Å²) in [6, 6.07) is 7.96. The van der Waals surface area contributed by atoms with E-state index in [2.05, 4.69) is 20.6 Å². The fourth-order valence-electron chi connectivity index (χ4n) is 4.11. The molecule has 39 heavy (non-hydrogen) atoms. The number of nitrogens with one attached hydrogen (secondary N) is 4. The Morgan fingerprint density at radius 1 is 1.18 bits per heavy atom. The van der Waals surface area contributed by atoms with Gasteiger partial charge in [-0.2, -0.15) is 0 Å². The third kappa shape index (κ3) is 5.56. The van der Waals surface area contributed by atoms with Crippen LogP contribution in [0.3, 0.4) is 0 Å². The highest BCUT2D eigenvalue weighted by atomic mass is 32.2. The zero-order valence-electron chi connectivity index (χ0n) is 20.2. The molecule has 2 amide bonds. The van der Waals surface area contributed by atoms with Gasteiger partial charge in [-0.15, -0.1) is 11.3 Å². The van der Waals surface area contributed by atoms with Gasteiger partial charge in [-0.25, -0.2) is 14.4 Å². The van der Waals surface area contributed by atoms with Crippen molar-refractivity contribution in [2.75, 3.05) is 11.1 Å². The largest absolute Gasteiger partial charge is 0.384 e. The van der Waals surface area contributed by atoms with Gasteiger partial charge in [0, 0.05) is 33.1 Å². The highest BCUT2D eigenvalue weighted by Gasteiger charge is 2.31. The molecule has 11 nitrogen and oxygen atoms in total. The van der Waals surface area contributed by atoms with Crippen LogP contribution in [0.4, 0.5) is 15.9 Å². The summed E-state index contributed by atoms with van der Waals surface area (Å²) >= 11 is 2.04. The maximum atomic E-state index is 13.2. The second-order valence-corrected chi connectivity index (χ2v) is 10.8. The van der Waals surface area contributed by atoms with Crippen molar-refractivity contribution >= 4 is 66.6 Å². The number of hydrogen-bond acceptors (Lipinski definition) is 10. The molecular formula is C25H21FN8O3S2. The molecule has 6 N–H and O–H groups in total. The molecule has 5 rings (SSSR count). The van der Waals surface area contributed by atoms with Crippen molar-refractivity contribution in [3.05, 3.63) is 81.2 Å². The first-order chi connectivity index (χ1) is 18.7. The summed E-state index contributed by atoms with van der Waals surface area (Å²) in [6.07, 6.45) is 3.66. The van der Waals surface area contributed by atoms with Crippen LogP contribution in [0.1, 0.15) is 28.7 Å². The van der Waals surface area contributed by atoms with Gasteiger partial charge in [0.1, 0.15) is 34.2 Å². The van der Waals surface area contributed by atoms with Gasteiger partial charge in [-0.05, 0) is 54.6 Å². The Bertz CT molecular complexity index is 1700. The molecule has 0 radical (unpaired) electrons. The van der Waals surface area contributed by atoms with E-state index in [1.54, 1.807) is 12.3 Å². The third-order valence-corrected chi connectivity index (χ3v) is 7.93. The van der Waals surface area contributed by atoms with E-state index in [9.17, 15) is 18.8 Å². The Balaban J connectivity index is 1.25. The summed E-state index contributed by atoms with van der Waals surface area (Å²) < 4.78 is 15.3. The number of anilines is 2. The summed E-state index contributed by atoms with van der Waals surface area (Å²) in [6.45, 7) is 0.261. The SMILES string of the molecule is N=C(SC(=N)c1ccc(F)cc1)C(=O)Nc1cnc2n(c1=O)C(C(=O)NCc1cc3cnc(N)cc3s1)CC2. The van der Waals surface area contributed by atoms with E-state index in [0.717, 1.165) is 15.0 Å². The number of nitrogens with zero attached hydrogens (tertiary/aromatic N) is 3. The highest BCUT2D eigenvalue weighted by molar-refractivity contribution is 8.28. The second-order valence-electron chi connectivity index (χ2n) is 8.62. The fraction of sp³-hybridized carbons (Fsp3) is 0.160. The average Bonchev–Trinajstić information content (AvgIpc) is 3.53. The van der Waals surface area contributed by atoms with Gasteiger partial charge in [0.05, 0.1) is 12.7 Å². The number of aromatic nitrogens is 3. The Labute approximate surface area is 228 Å². The van der Waals surface area contributed by atoms with Crippen molar-refractivity contribution in [1.82, 2.24) is 19.9 Å². The zero-order valence-corrected chi connectivity index (χ0v) is 21.8. The van der Waals surface area contributed by atoms with E-state index < -0.39 is 28.4 Å². The predicted octanol–water partition coefficient (Wildman–Crippen LogP) is 3.05. The third-order valence-electron chi connectivity index (χ3n) is 6.00.